The first-order chi connectivity index (χ1) is 19.0. The molecule has 0 bridgehead atoms. The summed E-state index contributed by atoms with van der Waals surface area (Å²) in [6, 6.07) is 14.0. The molecule has 0 saturated carbocycles. The molecule has 7 nitrogen and oxygen atoms in total. The summed E-state index contributed by atoms with van der Waals surface area (Å²) in [6.07, 6.45) is 2.28. The Morgan fingerprint density at radius 1 is 1.21 bits per heavy atom. The number of amides is 1. The molecule has 204 valence electrons. The molecule has 1 fully saturated rings. The van der Waals surface area contributed by atoms with Gasteiger partial charge in [-0.15, -0.1) is 11.3 Å². The van der Waals surface area contributed by atoms with Crippen molar-refractivity contribution in [3.8, 4) is 23.1 Å². The van der Waals surface area contributed by atoms with Crippen molar-refractivity contribution in [1.29, 1.82) is 0 Å². The molecule has 0 aliphatic carbocycles. The smallest absolute Gasteiger partial charge is 0.264 e. The van der Waals surface area contributed by atoms with Crippen molar-refractivity contribution < 1.29 is 27.8 Å². The lowest BCUT2D eigenvalue weighted by atomic mass is 10.1. The molecule has 2 aromatic heterocycles. The van der Waals surface area contributed by atoms with Crippen LogP contribution in [0.5, 0.6) is 17.4 Å². The quantitative estimate of drug-likeness (QED) is 0.228. The number of aromatic nitrogens is 2. The maximum absolute atomic E-state index is 14.7. The summed E-state index contributed by atoms with van der Waals surface area (Å²) >= 11 is 1.37. The van der Waals surface area contributed by atoms with Crippen LogP contribution in [0.2, 0.25) is 0 Å². The molecule has 0 radical (unpaired) electrons. The number of rotatable bonds is 10. The van der Waals surface area contributed by atoms with Crippen LogP contribution in [0.1, 0.15) is 40.7 Å². The van der Waals surface area contributed by atoms with Gasteiger partial charge in [0.1, 0.15) is 11.6 Å². The predicted octanol–water partition coefficient (Wildman–Crippen LogP) is 6.40. The zero-order valence-electron chi connectivity index (χ0n) is 21.7. The molecule has 1 aliphatic rings. The molecule has 2 aromatic carbocycles. The predicted molar refractivity (Wildman–Crippen MR) is 144 cm³/mol. The van der Waals surface area contributed by atoms with Crippen molar-refractivity contribution in [3.63, 3.8) is 0 Å². The number of hydrogen-bond acceptors (Lipinski definition) is 6. The zero-order valence-corrected chi connectivity index (χ0v) is 22.5. The van der Waals surface area contributed by atoms with Crippen molar-refractivity contribution in [3.05, 3.63) is 87.7 Å². The standard InChI is InChI=1S/C29H29F2N3O4S/c1-3-25-23(18-33(17-22-6-4-14-37-22)28(35)27-7-5-15-39-27)29(38-26-13-8-19(30)16-24(26)31)34(32-25)20-9-11-21(36-2)12-10-20/h5,7-13,15-16,22H,3-4,6,14,17-18H2,1-2H3/t22-/m1/s1. The first-order valence-electron chi connectivity index (χ1n) is 12.8. The van der Waals surface area contributed by atoms with Gasteiger partial charge in [-0.05, 0) is 67.1 Å². The van der Waals surface area contributed by atoms with Crippen molar-refractivity contribution in [2.45, 2.75) is 38.8 Å². The van der Waals surface area contributed by atoms with Gasteiger partial charge in [-0.25, -0.2) is 13.5 Å². The summed E-state index contributed by atoms with van der Waals surface area (Å²) < 4.78 is 47.2. The van der Waals surface area contributed by atoms with E-state index in [1.165, 1.54) is 17.4 Å². The van der Waals surface area contributed by atoms with Gasteiger partial charge in [-0.3, -0.25) is 4.79 Å². The van der Waals surface area contributed by atoms with E-state index in [4.69, 9.17) is 19.3 Å². The average molecular weight is 554 g/mol. The number of nitrogens with zero attached hydrogens (tertiary/aromatic N) is 3. The highest BCUT2D eigenvalue weighted by Gasteiger charge is 2.29. The normalized spacial score (nSPS) is 14.9. The van der Waals surface area contributed by atoms with Gasteiger partial charge < -0.3 is 19.1 Å². The Labute approximate surface area is 229 Å². The number of halogens is 2. The van der Waals surface area contributed by atoms with Gasteiger partial charge in [0.2, 0.25) is 5.88 Å². The second kappa shape index (κ2) is 12.0. The Morgan fingerprint density at radius 3 is 2.67 bits per heavy atom. The van der Waals surface area contributed by atoms with Gasteiger partial charge in [0, 0.05) is 19.2 Å². The SMILES string of the molecule is CCc1nn(-c2ccc(OC)cc2)c(Oc2ccc(F)cc2F)c1CN(C[C@H]1CCCO1)C(=O)c1cccs1. The average Bonchev–Trinajstić information content (AvgIpc) is 3.72. The summed E-state index contributed by atoms with van der Waals surface area (Å²) in [5, 5.41) is 6.66. The summed E-state index contributed by atoms with van der Waals surface area (Å²) in [5.74, 6) is -0.907. The van der Waals surface area contributed by atoms with Crippen LogP contribution in [-0.4, -0.2) is 47.0 Å². The van der Waals surface area contributed by atoms with Crippen LogP contribution in [-0.2, 0) is 17.7 Å². The van der Waals surface area contributed by atoms with Crippen LogP contribution in [0.25, 0.3) is 5.69 Å². The van der Waals surface area contributed by atoms with Gasteiger partial charge in [-0.1, -0.05) is 13.0 Å². The van der Waals surface area contributed by atoms with Crippen LogP contribution in [0.4, 0.5) is 8.78 Å². The Balaban J connectivity index is 1.59. The van der Waals surface area contributed by atoms with E-state index in [0.29, 0.717) is 47.1 Å². The summed E-state index contributed by atoms with van der Waals surface area (Å²) in [4.78, 5) is 16.0. The number of methoxy groups -OCH3 is 1. The minimum atomic E-state index is -0.840. The molecule has 0 unspecified atom stereocenters. The fraction of sp³-hybridized carbons (Fsp3) is 0.310. The van der Waals surface area contributed by atoms with Crippen molar-refractivity contribution in [2.24, 2.45) is 0 Å². The molecular weight excluding hydrogens is 524 g/mol. The second-order valence-corrected chi connectivity index (χ2v) is 10.1. The molecule has 0 spiro atoms. The van der Waals surface area contributed by atoms with Crippen molar-refractivity contribution in [2.75, 3.05) is 20.3 Å². The molecule has 1 amide bonds. The lowest BCUT2D eigenvalue weighted by Gasteiger charge is -2.25. The molecule has 1 atom stereocenters. The number of aryl methyl sites for hydroxylation is 1. The third-order valence-electron chi connectivity index (χ3n) is 6.59. The van der Waals surface area contributed by atoms with Crippen LogP contribution in [0.3, 0.4) is 0 Å². The molecule has 5 rings (SSSR count). The van der Waals surface area contributed by atoms with Crippen LogP contribution >= 0.6 is 11.3 Å². The van der Waals surface area contributed by atoms with Crippen molar-refractivity contribution in [1.82, 2.24) is 14.7 Å². The lowest BCUT2D eigenvalue weighted by Crippen LogP contribution is -2.36. The van der Waals surface area contributed by atoms with E-state index < -0.39 is 11.6 Å². The fourth-order valence-electron chi connectivity index (χ4n) is 4.59. The first kappa shape index (κ1) is 26.8. The molecule has 10 heteroatoms. The van der Waals surface area contributed by atoms with E-state index in [1.807, 2.05) is 30.5 Å². The Bertz CT molecular complexity index is 1420. The molecule has 0 N–H and O–H groups in total. The number of ether oxygens (including phenoxy) is 3. The first-order valence-corrected chi connectivity index (χ1v) is 13.7. The maximum atomic E-state index is 14.7. The molecular formula is C29H29F2N3O4S. The molecule has 1 aliphatic heterocycles. The summed E-state index contributed by atoms with van der Waals surface area (Å²) in [6.45, 7) is 3.20. The number of carbonyl (C=O) groups excluding carboxylic acids is 1. The number of carbonyl (C=O) groups is 1. The topological polar surface area (TPSA) is 65.8 Å². The number of thiophene rings is 1. The number of hydrogen-bond donors (Lipinski definition) is 0. The van der Waals surface area contributed by atoms with Gasteiger partial charge in [-0.2, -0.15) is 5.10 Å². The van der Waals surface area contributed by atoms with Gasteiger partial charge >= 0.3 is 0 Å². The monoisotopic (exact) mass is 553 g/mol. The van der Waals surface area contributed by atoms with E-state index in [9.17, 15) is 13.6 Å². The lowest BCUT2D eigenvalue weighted by molar-refractivity contribution is 0.0509. The second-order valence-electron chi connectivity index (χ2n) is 9.17. The minimum Gasteiger partial charge on any atom is -0.497 e. The molecule has 1 saturated heterocycles. The highest BCUT2D eigenvalue weighted by molar-refractivity contribution is 7.12. The molecule has 3 heterocycles. The van der Waals surface area contributed by atoms with Crippen molar-refractivity contribution >= 4 is 17.2 Å². The Morgan fingerprint density at radius 2 is 2.03 bits per heavy atom. The van der Waals surface area contributed by atoms with E-state index in [1.54, 1.807) is 34.9 Å². The van der Waals surface area contributed by atoms with Gasteiger partial charge in [0.25, 0.3) is 5.91 Å². The van der Waals surface area contributed by atoms with E-state index in [-0.39, 0.29) is 30.2 Å². The highest BCUT2D eigenvalue weighted by atomic mass is 32.1. The van der Waals surface area contributed by atoms with Crippen LogP contribution in [0, 0.1) is 11.6 Å². The Kier molecular flexibility index (Phi) is 8.23. The van der Waals surface area contributed by atoms with E-state index >= 15 is 0 Å². The van der Waals surface area contributed by atoms with E-state index in [0.717, 1.165) is 25.0 Å². The molecule has 39 heavy (non-hydrogen) atoms. The third-order valence-corrected chi connectivity index (χ3v) is 7.45. The fourth-order valence-corrected chi connectivity index (χ4v) is 5.28. The van der Waals surface area contributed by atoms with E-state index in [2.05, 4.69) is 0 Å². The summed E-state index contributed by atoms with van der Waals surface area (Å²) in [5.41, 5.74) is 1.99. The minimum absolute atomic E-state index is 0.0745. The van der Waals surface area contributed by atoms with Gasteiger partial charge in [0.05, 0.1) is 41.6 Å². The zero-order chi connectivity index (χ0) is 27.4. The molecule has 4 aromatic rings. The Hall–Kier alpha value is -3.76. The van der Waals surface area contributed by atoms with Crippen LogP contribution in [0.15, 0.2) is 60.0 Å². The third kappa shape index (κ3) is 5.97. The number of benzene rings is 2. The largest absolute Gasteiger partial charge is 0.497 e. The summed E-state index contributed by atoms with van der Waals surface area (Å²) in [7, 11) is 1.58. The van der Waals surface area contributed by atoms with Crippen LogP contribution < -0.4 is 9.47 Å². The maximum Gasteiger partial charge on any atom is 0.264 e. The highest BCUT2D eigenvalue weighted by Crippen LogP contribution is 2.34. The van der Waals surface area contributed by atoms with Gasteiger partial charge in [0.15, 0.2) is 11.6 Å².